The van der Waals surface area contributed by atoms with E-state index in [0.717, 1.165) is 6.42 Å². The van der Waals surface area contributed by atoms with E-state index < -0.39 is 18.1 Å². The molecule has 1 rings (SSSR count). The highest BCUT2D eigenvalue weighted by molar-refractivity contribution is 5.73. The number of carboxylic acids is 1. The van der Waals surface area contributed by atoms with Gasteiger partial charge in [-0.1, -0.05) is 25.5 Å². The van der Waals surface area contributed by atoms with E-state index in [2.05, 4.69) is 5.32 Å². The minimum atomic E-state index is -0.928. The van der Waals surface area contributed by atoms with Crippen LogP contribution in [0.2, 0.25) is 0 Å². The molecular weight excluding hydrogens is 237 g/mol. The van der Waals surface area contributed by atoms with E-state index in [1.165, 1.54) is 24.3 Å². The average molecular weight is 255 g/mol. The molecule has 0 aliphatic heterocycles. The Hall–Kier alpha value is -1.46. The summed E-state index contributed by atoms with van der Waals surface area (Å²) in [5, 5.41) is 21.6. The lowest BCUT2D eigenvalue weighted by molar-refractivity contribution is -0.139. The van der Waals surface area contributed by atoms with Crippen molar-refractivity contribution in [3.8, 4) is 0 Å². The van der Waals surface area contributed by atoms with Crippen molar-refractivity contribution in [1.82, 2.24) is 5.32 Å². The van der Waals surface area contributed by atoms with Gasteiger partial charge in [0.15, 0.2) is 0 Å². The van der Waals surface area contributed by atoms with Crippen LogP contribution in [0.5, 0.6) is 0 Å². The Morgan fingerprint density at radius 3 is 2.50 bits per heavy atom. The molecule has 2 unspecified atom stereocenters. The van der Waals surface area contributed by atoms with Crippen molar-refractivity contribution in [2.45, 2.75) is 31.9 Å². The first-order chi connectivity index (χ1) is 8.54. The second kappa shape index (κ2) is 7.08. The van der Waals surface area contributed by atoms with Gasteiger partial charge in [0.25, 0.3) is 0 Å². The van der Waals surface area contributed by atoms with Crippen molar-refractivity contribution >= 4 is 5.97 Å². The minimum absolute atomic E-state index is 0.128. The van der Waals surface area contributed by atoms with Crippen LogP contribution in [0.15, 0.2) is 24.3 Å². The molecule has 0 heterocycles. The lowest BCUT2D eigenvalue weighted by Gasteiger charge is -2.17. The first-order valence-corrected chi connectivity index (χ1v) is 5.94. The van der Waals surface area contributed by atoms with Crippen LogP contribution in [0.1, 0.15) is 31.4 Å². The molecule has 100 valence electrons. The van der Waals surface area contributed by atoms with Gasteiger partial charge < -0.3 is 15.5 Å². The molecule has 0 aliphatic carbocycles. The molecule has 1 aromatic carbocycles. The summed E-state index contributed by atoms with van der Waals surface area (Å²) in [6, 6.07) is 4.83. The molecule has 0 amide bonds. The van der Waals surface area contributed by atoms with Crippen LogP contribution < -0.4 is 5.32 Å². The Bertz CT molecular complexity index is 380. The zero-order chi connectivity index (χ0) is 13.5. The molecule has 0 aromatic heterocycles. The van der Waals surface area contributed by atoms with E-state index in [-0.39, 0.29) is 12.4 Å². The fourth-order valence-corrected chi connectivity index (χ4v) is 1.66. The van der Waals surface area contributed by atoms with Gasteiger partial charge in [-0.05, 0) is 24.1 Å². The molecule has 0 spiro atoms. The monoisotopic (exact) mass is 255 g/mol. The lowest BCUT2D eigenvalue weighted by atomic mass is 10.1. The van der Waals surface area contributed by atoms with Crippen LogP contribution in [-0.4, -0.2) is 28.8 Å². The van der Waals surface area contributed by atoms with E-state index in [1.807, 2.05) is 6.92 Å². The van der Waals surface area contributed by atoms with E-state index in [1.54, 1.807) is 0 Å². The highest BCUT2D eigenvalue weighted by atomic mass is 19.1. The van der Waals surface area contributed by atoms with Crippen molar-refractivity contribution in [3.63, 3.8) is 0 Å². The van der Waals surface area contributed by atoms with Crippen LogP contribution in [0.3, 0.4) is 0 Å². The van der Waals surface area contributed by atoms with E-state index in [4.69, 9.17) is 5.11 Å². The molecule has 0 fully saturated rings. The summed E-state index contributed by atoms with van der Waals surface area (Å²) in [7, 11) is 0. The fourth-order valence-electron chi connectivity index (χ4n) is 1.66. The van der Waals surface area contributed by atoms with Gasteiger partial charge in [0.1, 0.15) is 11.9 Å². The maximum Gasteiger partial charge on any atom is 0.320 e. The van der Waals surface area contributed by atoms with Crippen molar-refractivity contribution in [3.05, 3.63) is 35.6 Å². The zero-order valence-corrected chi connectivity index (χ0v) is 10.3. The average Bonchev–Trinajstić information content (AvgIpc) is 2.34. The predicted octanol–water partition coefficient (Wildman–Crippen LogP) is 1.70. The normalized spacial score (nSPS) is 14.2. The largest absolute Gasteiger partial charge is 0.480 e. The molecule has 0 aliphatic rings. The quantitative estimate of drug-likeness (QED) is 0.693. The molecule has 18 heavy (non-hydrogen) atoms. The standard InChI is InChI=1S/C13H18FNO3/c1-2-3-11(13(17)18)15-8-12(16)9-4-6-10(14)7-5-9/h4-7,11-12,15-16H,2-3,8H2,1H3,(H,17,18). The van der Waals surface area contributed by atoms with E-state index >= 15 is 0 Å². The Morgan fingerprint density at radius 2 is 2.00 bits per heavy atom. The van der Waals surface area contributed by atoms with Gasteiger partial charge in [0, 0.05) is 6.54 Å². The van der Waals surface area contributed by atoms with Gasteiger partial charge >= 0.3 is 5.97 Å². The number of carboxylic acid groups (broad SMARTS) is 1. The topological polar surface area (TPSA) is 69.6 Å². The maximum absolute atomic E-state index is 12.7. The second-order valence-corrected chi connectivity index (χ2v) is 4.16. The van der Waals surface area contributed by atoms with Crippen LogP contribution in [0, 0.1) is 5.82 Å². The minimum Gasteiger partial charge on any atom is -0.480 e. The number of halogens is 1. The first kappa shape index (κ1) is 14.6. The number of hydrogen-bond acceptors (Lipinski definition) is 3. The smallest absolute Gasteiger partial charge is 0.320 e. The van der Waals surface area contributed by atoms with E-state index in [0.29, 0.717) is 12.0 Å². The number of nitrogens with one attached hydrogen (secondary N) is 1. The molecule has 0 saturated heterocycles. The molecule has 2 atom stereocenters. The summed E-state index contributed by atoms with van der Waals surface area (Å²) in [5.74, 6) is -1.29. The number of hydrogen-bond donors (Lipinski definition) is 3. The summed E-state index contributed by atoms with van der Waals surface area (Å²) in [6.07, 6.45) is 0.409. The third-order valence-corrected chi connectivity index (χ3v) is 2.69. The van der Waals surface area contributed by atoms with Gasteiger partial charge in [-0.25, -0.2) is 4.39 Å². The SMILES string of the molecule is CCCC(NCC(O)c1ccc(F)cc1)C(=O)O. The molecule has 0 bridgehead atoms. The Kier molecular flexibility index (Phi) is 5.74. The van der Waals surface area contributed by atoms with Gasteiger partial charge in [0.2, 0.25) is 0 Å². The lowest BCUT2D eigenvalue weighted by Crippen LogP contribution is -2.38. The zero-order valence-electron chi connectivity index (χ0n) is 10.3. The summed E-state index contributed by atoms with van der Waals surface area (Å²) in [5.41, 5.74) is 0.560. The molecule has 1 aromatic rings. The Balaban J connectivity index is 2.51. The van der Waals surface area contributed by atoms with Crippen LogP contribution in [-0.2, 0) is 4.79 Å². The number of aliphatic carboxylic acids is 1. The van der Waals surface area contributed by atoms with Gasteiger partial charge in [-0.2, -0.15) is 0 Å². The molecule has 4 nitrogen and oxygen atoms in total. The van der Waals surface area contributed by atoms with Crippen LogP contribution in [0.4, 0.5) is 4.39 Å². The molecule has 5 heteroatoms. The summed E-state index contributed by atoms with van der Waals surface area (Å²) in [4.78, 5) is 10.9. The van der Waals surface area contributed by atoms with E-state index in [9.17, 15) is 14.3 Å². The molecular formula is C13H18FNO3. The number of aliphatic hydroxyl groups excluding tert-OH is 1. The highest BCUT2D eigenvalue weighted by Crippen LogP contribution is 2.13. The highest BCUT2D eigenvalue weighted by Gasteiger charge is 2.17. The van der Waals surface area contributed by atoms with Gasteiger partial charge in [-0.3, -0.25) is 4.79 Å². The predicted molar refractivity (Wildman–Crippen MR) is 65.7 cm³/mol. The first-order valence-electron chi connectivity index (χ1n) is 5.94. The van der Waals surface area contributed by atoms with Crippen LogP contribution >= 0.6 is 0 Å². The van der Waals surface area contributed by atoms with Gasteiger partial charge in [0.05, 0.1) is 6.10 Å². The van der Waals surface area contributed by atoms with Crippen LogP contribution in [0.25, 0.3) is 0 Å². The Morgan fingerprint density at radius 1 is 1.39 bits per heavy atom. The number of aliphatic hydroxyl groups is 1. The van der Waals surface area contributed by atoms with Crippen molar-refractivity contribution < 1.29 is 19.4 Å². The summed E-state index contributed by atoms with van der Waals surface area (Å²) >= 11 is 0. The molecule has 3 N–H and O–H groups in total. The van der Waals surface area contributed by atoms with Crippen molar-refractivity contribution in [2.75, 3.05) is 6.54 Å². The molecule has 0 saturated carbocycles. The maximum atomic E-state index is 12.7. The Labute approximate surface area is 105 Å². The van der Waals surface area contributed by atoms with Gasteiger partial charge in [-0.15, -0.1) is 0 Å². The third-order valence-electron chi connectivity index (χ3n) is 2.69. The fraction of sp³-hybridized carbons (Fsp3) is 0.462. The summed E-state index contributed by atoms with van der Waals surface area (Å²) < 4.78 is 12.7. The number of carbonyl (C=O) groups is 1. The number of benzene rings is 1. The summed E-state index contributed by atoms with van der Waals surface area (Å²) in [6.45, 7) is 2.02. The van der Waals surface area contributed by atoms with Crippen molar-refractivity contribution in [2.24, 2.45) is 0 Å². The number of rotatable bonds is 7. The second-order valence-electron chi connectivity index (χ2n) is 4.16. The molecule has 0 radical (unpaired) electrons. The van der Waals surface area contributed by atoms with Crippen molar-refractivity contribution in [1.29, 1.82) is 0 Å². The third kappa shape index (κ3) is 4.43.